The van der Waals surface area contributed by atoms with E-state index in [4.69, 9.17) is 0 Å². The van der Waals surface area contributed by atoms with Crippen molar-refractivity contribution in [2.75, 3.05) is 0 Å². The number of thiophene rings is 1. The van der Waals surface area contributed by atoms with Crippen molar-refractivity contribution in [3.63, 3.8) is 0 Å². The van der Waals surface area contributed by atoms with E-state index < -0.39 is 11.6 Å². The molecule has 31 heavy (non-hydrogen) atoms. The van der Waals surface area contributed by atoms with E-state index in [-0.39, 0.29) is 63.4 Å². The summed E-state index contributed by atoms with van der Waals surface area (Å²) in [7, 11) is 0. The van der Waals surface area contributed by atoms with Crippen LogP contribution < -0.4 is 62.1 Å². The van der Waals surface area contributed by atoms with Crippen LogP contribution in [0.15, 0.2) is 29.1 Å². The van der Waals surface area contributed by atoms with Crippen LogP contribution >= 0.6 is 11.3 Å². The first-order valence-electron chi connectivity index (χ1n) is 10.2. The van der Waals surface area contributed by atoms with Crippen LogP contribution in [0.4, 0.5) is 0 Å². The summed E-state index contributed by atoms with van der Waals surface area (Å²) >= 11 is 1.65. The van der Waals surface area contributed by atoms with Crippen LogP contribution in [0.3, 0.4) is 0 Å². The largest absolute Gasteiger partial charge is 1.00 e. The van der Waals surface area contributed by atoms with Gasteiger partial charge >= 0.3 is 57.4 Å². The number of carboxylic acids is 1. The summed E-state index contributed by atoms with van der Waals surface area (Å²) in [6.45, 7) is 6.91. The second-order valence-corrected chi connectivity index (χ2v) is 9.88. The number of aromatic amines is 1. The van der Waals surface area contributed by atoms with E-state index >= 15 is 0 Å². The number of benzene rings is 1. The molecular formula is C24H28KNO4S. The molecule has 4 rings (SSSR count). The normalized spacial score (nSPS) is 13.1. The predicted molar refractivity (Wildman–Crippen MR) is 120 cm³/mol. The molecule has 1 aliphatic carbocycles. The number of aliphatic carboxylic acids is 1. The molecule has 0 fully saturated rings. The summed E-state index contributed by atoms with van der Waals surface area (Å²) in [5.41, 5.74) is 3.48. The quantitative estimate of drug-likeness (QED) is 0.569. The first-order chi connectivity index (χ1) is 14.0. The molecule has 0 radical (unpaired) electrons. The van der Waals surface area contributed by atoms with E-state index in [9.17, 15) is 19.8 Å². The van der Waals surface area contributed by atoms with Gasteiger partial charge in [0.25, 0.3) is 5.56 Å². The third-order valence-electron chi connectivity index (χ3n) is 4.89. The smallest absolute Gasteiger partial charge is 0.850 e. The zero-order valence-electron chi connectivity index (χ0n) is 18.9. The summed E-state index contributed by atoms with van der Waals surface area (Å²) < 4.78 is 0. The molecule has 0 saturated heterocycles. The van der Waals surface area contributed by atoms with Gasteiger partial charge in [0.15, 0.2) is 0 Å². The number of aromatic nitrogens is 1. The van der Waals surface area contributed by atoms with Gasteiger partial charge in [-0.05, 0) is 43.7 Å². The molecule has 1 aromatic carbocycles. The molecule has 1 aliphatic rings. The van der Waals surface area contributed by atoms with E-state index in [1.165, 1.54) is 16.9 Å². The van der Waals surface area contributed by atoms with Crippen molar-refractivity contribution in [2.24, 2.45) is 0 Å². The molecular weight excluding hydrogens is 437 g/mol. The monoisotopic (exact) mass is 465 g/mol. The van der Waals surface area contributed by atoms with E-state index in [1.807, 2.05) is 31.2 Å². The van der Waals surface area contributed by atoms with Crippen molar-refractivity contribution in [3.05, 3.63) is 56.2 Å². The van der Waals surface area contributed by atoms with Crippen LogP contribution in [-0.2, 0) is 24.1 Å². The van der Waals surface area contributed by atoms with Gasteiger partial charge in [0.1, 0.15) is 4.83 Å². The SMILES string of the molecule is CC(C)(C)[O-].Cc1ccc(-c2c(CC(=O)O)c(=O)[nH]c3sc4c(c23)CCCC4)cc1.[K+]. The van der Waals surface area contributed by atoms with Crippen molar-refractivity contribution >= 4 is 27.5 Å². The second-order valence-electron chi connectivity index (χ2n) is 8.77. The van der Waals surface area contributed by atoms with Gasteiger partial charge in [-0.25, -0.2) is 0 Å². The number of rotatable bonds is 3. The zero-order chi connectivity index (χ0) is 22.1. The maximum atomic E-state index is 12.6. The molecule has 2 N–H and O–H groups in total. The van der Waals surface area contributed by atoms with E-state index in [1.54, 1.807) is 32.1 Å². The van der Waals surface area contributed by atoms with Crippen LogP contribution in [0.2, 0.25) is 0 Å². The molecule has 2 aromatic heterocycles. The molecule has 3 aromatic rings. The van der Waals surface area contributed by atoms with Gasteiger partial charge in [0, 0.05) is 21.4 Å². The summed E-state index contributed by atoms with van der Waals surface area (Å²) in [4.78, 5) is 29.2. The summed E-state index contributed by atoms with van der Waals surface area (Å²) in [6, 6.07) is 7.99. The minimum Gasteiger partial charge on any atom is -0.850 e. The number of nitrogens with one attached hydrogen (secondary N) is 1. The van der Waals surface area contributed by atoms with Gasteiger partial charge in [-0.3, -0.25) is 9.59 Å². The summed E-state index contributed by atoms with van der Waals surface area (Å²) in [6.07, 6.45) is 4.08. The van der Waals surface area contributed by atoms with Crippen molar-refractivity contribution in [2.45, 2.75) is 65.4 Å². The number of carboxylic acid groups (broad SMARTS) is 1. The topological polar surface area (TPSA) is 93.2 Å². The summed E-state index contributed by atoms with van der Waals surface area (Å²) in [5.74, 6) is -0.984. The number of fused-ring (bicyclic) bond motifs is 3. The third kappa shape index (κ3) is 6.84. The molecule has 5 nitrogen and oxygen atoms in total. The number of hydrogen-bond donors (Lipinski definition) is 2. The Balaban J connectivity index is 0.000000514. The Morgan fingerprint density at radius 3 is 2.32 bits per heavy atom. The van der Waals surface area contributed by atoms with Crippen molar-refractivity contribution in [3.8, 4) is 11.1 Å². The van der Waals surface area contributed by atoms with E-state index in [0.717, 1.165) is 46.2 Å². The van der Waals surface area contributed by atoms with Crippen LogP contribution in [0.1, 0.15) is 55.2 Å². The van der Waals surface area contributed by atoms with Crippen LogP contribution in [0, 0.1) is 6.92 Å². The molecule has 0 unspecified atom stereocenters. The fourth-order valence-electron chi connectivity index (χ4n) is 3.72. The van der Waals surface area contributed by atoms with Crippen LogP contribution in [0.25, 0.3) is 21.3 Å². The number of hydrogen-bond acceptors (Lipinski definition) is 4. The Hall–Kier alpha value is -0.804. The summed E-state index contributed by atoms with van der Waals surface area (Å²) in [5, 5.41) is 20.5. The molecule has 0 spiro atoms. The Morgan fingerprint density at radius 2 is 1.74 bits per heavy atom. The molecule has 0 atom stereocenters. The molecule has 0 bridgehead atoms. The van der Waals surface area contributed by atoms with Gasteiger partial charge in [0.05, 0.1) is 6.42 Å². The molecule has 2 heterocycles. The number of H-pyrrole nitrogens is 1. The van der Waals surface area contributed by atoms with E-state index in [2.05, 4.69) is 4.98 Å². The Kier molecular flexibility index (Phi) is 9.28. The molecule has 7 heteroatoms. The Labute approximate surface area is 229 Å². The van der Waals surface area contributed by atoms with E-state index in [0.29, 0.717) is 5.56 Å². The average molecular weight is 466 g/mol. The van der Waals surface area contributed by atoms with Gasteiger partial charge in [-0.2, -0.15) is 0 Å². The molecule has 0 saturated carbocycles. The standard InChI is InChI=1S/C20H19NO3S.C4H9O.K/c1-11-6-8-12(9-7-11)17-14(10-16(22)23)19(24)21-20-18(17)13-4-2-3-5-15(13)25-20;1-4(2,3)5;/h6-9H,2-5,10H2,1H3,(H,21,24)(H,22,23);1-3H3;/q;-1;+1. The minimum atomic E-state index is -0.984. The van der Waals surface area contributed by atoms with Gasteiger partial charge in [0.2, 0.25) is 0 Å². The van der Waals surface area contributed by atoms with Crippen molar-refractivity contribution in [1.82, 2.24) is 4.98 Å². The van der Waals surface area contributed by atoms with Gasteiger partial charge in [-0.1, -0.05) is 50.6 Å². The van der Waals surface area contributed by atoms with Crippen LogP contribution in [0.5, 0.6) is 0 Å². The van der Waals surface area contributed by atoms with Gasteiger partial charge in [-0.15, -0.1) is 16.9 Å². The fourth-order valence-corrected chi connectivity index (χ4v) is 5.01. The molecule has 0 aliphatic heterocycles. The number of aryl methyl sites for hydroxylation is 3. The fraction of sp³-hybridized carbons (Fsp3) is 0.417. The Morgan fingerprint density at radius 1 is 1.16 bits per heavy atom. The third-order valence-corrected chi connectivity index (χ3v) is 6.10. The number of pyridine rings is 1. The average Bonchev–Trinajstić information content (AvgIpc) is 2.99. The minimum absolute atomic E-state index is 0. The maximum absolute atomic E-state index is 12.6. The predicted octanol–water partition coefficient (Wildman–Crippen LogP) is 1.22. The van der Waals surface area contributed by atoms with Crippen molar-refractivity contribution < 1.29 is 66.4 Å². The first-order valence-corrected chi connectivity index (χ1v) is 11.0. The molecule has 0 amide bonds. The first kappa shape index (κ1) is 26.4. The second kappa shape index (κ2) is 10.9. The van der Waals surface area contributed by atoms with Crippen molar-refractivity contribution in [1.29, 1.82) is 0 Å². The number of carbonyl (C=O) groups is 1. The molecule has 160 valence electrons. The van der Waals surface area contributed by atoms with Crippen LogP contribution in [-0.4, -0.2) is 21.7 Å². The maximum Gasteiger partial charge on any atom is 1.00 e. The zero-order valence-corrected chi connectivity index (χ0v) is 22.9. The van der Waals surface area contributed by atoms with Gasteiger partial charge < -0.3 is 15.2 Å². The Bertz CT molecular complexity index is 1120.